The highest BCUT2D eigenvalue weighted by Gasteiger charge is 2.39. The Morgan fingerprint density at radius 3 is 2.33 bits per heavy atom. The predicted octanol–water partition coefficient (Wildman–Crippen LogP) is 0.688. The molecule has 0 aliphatic carbocycles. The van der Waals surface area contributed by atoms with Crippen LogP contribution in [0.25, 0.3) is 0 Å². The van der Waals surface area contributed by atoms with E-state index in [-0.39, 0.29) is 11.3 Å². The van der Waals surface area contributed by atoms with Gasteiger partial charge in [-0.25, -0.2) is 4.79 Å². The molecule has 6 nitrogen and oxygen atoms in total. The average Bonchev–Trinajstić information content (AvgIpc) is 2.36. The molecule has 0 aliphatic rings. The van der Waals surface area contributed by atoms with Gasteiger partial charge in [-0.3, -0.25) is 4.79 Å². The predicted molar refractivity (Wildman–Crippen MR) is 64.1 cm³/mol. The summed E-state index contributed by atoms with van der Waals surface area (Å²) in [7, 11) is 2.79. The van der Waals surface area contributed by atoms with Crippen LogP contribution in [-0.4, -0.2) is 36.6 Å². The van der Waals surface area contributed by atoms with Crippen LogP contribution < -0.4 is 15.2 Å². The van der Waals surface area contributed by atoms with E-state index in [2.05, 4.69) is 0 Å². The average molecular weight is 253 g/mol. The molecule has 0 aromatic heterocycles. The van der Waals surface area contributed by atoms with Gasteiger partial charge in [0.25, 0.3) is 0 Å². The molecule has 1 aromatic carbocycles. The molecule has 1 unspecified atom stereocenters. The monoisotopic (exact) mass is 253 g/mol. The number of carbonyl (C=O) groups excluding carboxylic acids is 1. The van der Waals surface area contributed by atoms with Crippen molar-refractivity contribution in [1.82, 2.24) is 0 Å². The second-order valence-corrected chi connectivity index (χ2v) is 3.88. The van der Waals surface area contributed by atoms with Gasteiger partial charge >= 0.3 is 5.97 Å². The molecule has 0 bridgehead atoms. The highest BCUT2D eigenvalue weighted by molar-refractivity contribution is 6.16. The number of carboxylic acid groups (broad SMARTS) is 1. The van der Waals surface area contributed by atoms with E-state index in [1.165, 1.54) is 20.3 Å². The molecule has 3 N–H and O–H groups in total. The number of carboxylic acids is 1. The lowest BCUT2D eigenvalue weighted by Gasteiger charge is -2.19. The molecule has 0 saturated carbocycles. The molecule has 1 rings (SSSR count). The Morgan fingerprint density at radius 2 is 1.89 bits per heavy atom. The maximum atomic E-state index is 12.1. The van der Waals surface area contributed by atoms with Crippen LogP contribution >= 0.6 is 0 Å². The molecule has 0 aliphatic heterocycles. The summed E-state index contributed by atoms with van der Waals surface area (Å²) in [6.07, 6.45) is 0. The molecule has 0 amide bonds. The number of carbonyl (C=O) groups is 2. The Morgan fingerprint density at radius 1 is 1.28 bits per heavy atom. The number of aliphatic carboxylic acids is 1. The van der Waals surface area contributed by atoms with Gasteiger partial charge in [0.05, 0.1) is 19.8 Å². The van der Waals surface area contributed by atoms with Gasteiger partial charge in [-0.2, -0.15) is 0 Å². The van der Waals surface area contributed by atoms with Gasteiger partial charge in [-0.15, -0.1) is 0 Å². The van der Waals surface area contributed by atoms with Crippen LogP contribution in [0.2, 0.25) is 0 Å². The number of hydrogen-bond donors (Lipinski definition) is 2. The lowest BCUT2D eigenvalue weighted by molar-refractivity contribution is -0.140. The van der Waals surface area contributed by atoms with Crippen molar-refractivity contribution in [3.63, 3.8) is 0 Å². The van der Waals surface area contributed by atoms with E-state index in [0.717, 1.165) is 6.92 Å². The van der Waals surface area contributed by atoms with Crippen molar-refractivity contribution in [2.75, 3.05) is 14.2 Å². The van der Waals surface area contributed by atoms with E-state index in [1.54, 1.807) is 12.1 Å². The molecule has 0 heterocycles. The van der Waals surface area contributed by atoms with E-state index in [1.807, 2.05) is 0 Å². The number of nitrogens with two attached hydrogens (primary N) is 1. The highest BCUT2D eigenvalue weighted by atomic mass is 16.5. The first kappa shape index (κ1) is 14.0. The Bertz CT molecular complexity index is 481. The third kappa shape index (κ3) is 2.28. The molecule has 0 saturated heterocycles. The van der Waals surface area contributed by atoms with Crippen molar-refractivity contribution in [2.45, 2.75) is 12.5 Å². The summed E-state index contributed by atoms with van der Waals surface area (Å²) in [6, 6.07) is 4.61. The number of ketones is 1. The lowest BCUT2D eigenvalue weighted by atomic mass is 9.91. The second-order valence-electron chi connectivity index (χ2n) is 3.88. The van der Waals surface area contributed by atoms with Crippen LogP contribution in [0.1, 0.15) is 17.3 Å². The third-order valence-corrected chi connectivity index (χ3v) is 2.56. The largest absolute Gasteiger partial charge is 0.493 e. The Hall–Kier alpha value is -2.08. The zero-order valence-electron chi connectivity index (χ0n) is 10.4. The maximum absolute atomic E-state index is 12.1. The summed E-state index contributed by atoms with van der Waals surface area (Å²) in [5, 5.41) is 8.95. The van der Waals surface area contributed by atoms with Gasteiger partial charge in [-0.1, -0.05) is 6.07 Å². The fourth-order valence-electron chi connectivity index (χ4n) is 1.44. The van der Waals surface area contributed by atoms with Gasteiger partial charge in [0, 0.05) is 0 Å². The number of methoxy groups -OCH3 is 2. The van der Waals surface area contributed by atoms with Crippen LogP contribution in [0.5, 0.6) is 11.5 Å². The van der Waals surface area contributed by atoms with Crippen LogP contribution in [0.15, 0.2) is 18.2 Å². The number of para-hydroxylation sites is 1. The quantitative estimate of drug-likeness (QED) is 0.591. The molecular formula is C12H15NO5. The molecule has 0 fully saturated rings. The summed E-state index contributed by atoms with van der Waals surface area (Å²) in [4.78, 5) is 23.1. The van der Waals surface area contributed by atoms with Crippen molar-refractivity contribution < 1.29 is 24.2 Å². The Labute approximate surface area is 104 Å². The van der Waals surface area contributed by atoms with Crippen molar-refractivity contribution in [3.8, 4) is 11.5 Å². The van der Waals surface area contributed by atoms with Gasteiger partial charge < -0.3 is 20.3 Å². The Balaban J connectivity index is 3.34. The lowest BCUT2D eigenvalue weighted by Crippen LogP contribution is -2.52. The van der Waals surface area contributed by atoms with Gasteiger partial charge in [0.1, 0.15) is 0 Å². The van der Waals surface area contributed by atoms with Crippen LogP contribution in [-0.2, 0) is 4.79 Å². The molecule has 0 radical (unpaired) electrons. The topological polar surface area (TPSA) is 98.9 Å². The van der Waals surface area contributed by atoms with Crippen molar-refractivity contribution in [1.29, 1.82) is 0 Å². The maximum Gasteiger partial charge on any atom is 0.331 e. The fraction of sp³-hybridized carbons (Fsp3) is 0.333. The van der Waals surface area contributed by atoms with Gasteiger partial charge in [0.15, 0.2) is 22.8 Å². The molecule has 1 atom stereocenters. The van der Waals surface area contributed by atoms with Crippen LogP contribution in [0.3, 0.4) is 0 Å². The first-order valence-electron chi connectivity index (χ1n) is 5.14. The standard InChI is InChI=1S/C12H15NO5/c1-12(13,11(15)16)10(14)7-5-4-6-8(17-2)9(7)18-3/h4-6H,13H2,1-3H3,(H,15,16). The van der Waals surface area contributed by atoms with Gasteiger partial charge in [0.2, 0.25) is 0 Å². The summed E-state index contributed by atoms with van der Waals surface area (Å²) >= 11 is 0. The van der Waals surface area contributed by atoms with E-state index in [0.29, 0.717) is 5.75 Å². The molecule has 6 heteroatoms. The van der Waals surface area contributed by atoms with Crippen LogP contribution in [0, 0.1) is 0 Å². The first-order valence-corrected chi connectivity index (χ1v) is 5.14. The minimum absolute atomic E-state index is 0.0734. The molecule has 98 valence electrons. The molecule has 18 heavy (non-hydrogen) atoms. The van der Waals surface area contributed by atoms with E-state index in [9.17, 15) is 9.59 Å². The number of ether oxygens (including phenoxy) is 2. The van der Waals surface area contributed by atoms with E-state index >= 15 is 0 Å². The fourth-order valence-corrected chi connectivity index (χ4v) is 1.44. The van der Waals surface area contributed by atoms with E-state index < -0.39 is 17.3 Å². The van der Waals surface area contributed by atoms with Gasteiger partial charge in [-0.05, 0) is 19.1 Å². The summed E-state index contributed by atoms with van der Waals surface area (Å²) in [6.45, 7) is 1.14. The summed E-state index contributed by atoms with van der Waals surface area (Å²) < 4.78 is 10.1. The molecular weight excluding hydrogens is 238 g/mol. The number of rotatable bonds is 5. The van der Waals surface area contributed by atoms with E-state index in [4.69, 9.17) is 20.3 Å². The normalized spacial score (nSPS) is 13.6. The van der Waals surface area contributed by atoms with Crippen molar-refractivity contribution in [3.05, 3.63) is 23.8 Å². The second kappa shape index (κ2) is 5.05. The van der Waals surface area contributed by atoms with Crippen molar-refractivity contribution in [2.24, 2.45) is 5.73 Å². The smallest absolute Gasteiger partial charge is 0.331 e. The van der Waals surface area contributed by atoms with Crippen molar-refractivity contribution >= 4 is 11.8 Å². The summed E-state index contributed by atoms with van der Waals surface area (Å²) in [5.74, 6) is -1.64. The highest BCUT2D eigenvalue weighted by Crippen LogP contribution is 2.32. The molecule has 1 aromatic rings. The SMILES string of the molecule is COc1cccc(C(=O)C(C)(N)C(=O)O)c1OC. The summed E-state index contributed by atoms with van der Waals surface area (Å²) in [5.41, 5.74) is 3.56. The Kier molecular flexibility index (Phi) is 3.93. The number of Topliss-reactive ketones (excluding diaryl/α,β-unsaturated/α-hetero) is 1. The first-order chi connectivity index (χ1) is 8.36. The van der Waals surface area contributed by atoms with Crippen LogP contribution in [0.4, 0.5) is 0 Å². The number of hydrogen-bond acceptors (Lipinski definition) is 5. The molecule has 0 spiro atoms. The zero-order chi connectivity index (χ0) is 13.9. The third-order valence-electron chi connectivity index (χ3n) is 2.56. The minimum Gasteiger partial charge on any atom is -0.493 e. The minimum atomic E-state index is -2.01. The zero-order valence-corrected chi connectivity index (χ0v) is 10.4. The number of benzene rings is 1.